The third-order valence-corrected chi connectivity index (χ3v) is 6.87. The van der Waals surface area contributed by atoms with Gasteiger partial charge in [0.2, 0.25) is 0 Å². The molecule has 0 radical (unpaired) electrons. The maximum absolute atomic E-state index is 6.59. The Kier molecular flexibility index (Phi) is 5.22. The predicted octanol–water partition coefficient (Wildman–Crippen LogP) is 3.56. The van der Waals surface area contributed by atoms with Crippen molar-refractivity contribution in [1.29, 1.82) is 0 Å². The SMILES string of the molecule is CCOCCc1nnc2n1-c1sc3c(c1C(c1ccccc1Cl)=NC2)CCNC3. The number of halogens is 1. The second kappa shape index (κ2) is 7.99. The van der Waals surface area contributed by atoms with Crippen molar-refractivity contribution in [1.82, 2.24) is 20.1 Å². The molecule has 2 aliphatic heterocycles. The number of rotatable bonds is 5. The lowest BCUT2D eigenvalue weighted by molar-refractivity contribution is 0.149. The molecule has 0 spiro atoms. The molecule has 0 amide bonds. The molecule has 0 unspecified atom stereocenters. The standard InChI is InChI=1S/C21H22ClN5OS/c1-2-28-10-8-17-25-26-18-12-24-20(13-5-3-4-6-15(13)22)19-14-7-9-23-11-16(14)29-21(19)27(17)18/h3-6,23H,2,7-12H2,1H3. The minimum absolute atomic E-state index is 0.483. The van der Waals surface area contributed by atoms with E-state index in [-0.39, 0.29) is 0 Å². The average Bonchev–Trinajstić information content (AvgIpc) is 3.27. The molecule has 0 fully saturated rings. The van der Waals surface area contributed by atoms with E-state index in [9.17, 15) is 0 Å². The lowest BCUT2D eigenvalue weighted by Crippen LogP contribution is -2.23. The lowest BCUT2D eigenvalue weighted by atomic mass is 9.96. The number of fused-ring (bicyclic) bond motifs is 5. The molecule has 1 N–H and O–H groups in total. The Labute approximate surface area is 178 Å². The molecule has 4 heterocycles. The van der Waals surface area contributed by atoms with E-state index in [4.69, 9.17) is 21.3 Å². The highest BCUT2D eigenvalue weighted by atomic mass is 35.5. The summed E-state index contributed by atoms with van der Waals surface area (Å²) in [5.41, 5.74) is 4.51. The number of hydrogen-bond acceptors (Lipinski definition) is 6. The summed E-state index contributed by atoms with van der Waals surface area (Å²) >= 11 is 8.40. The van der Waals surface area contributed by atoms with Gasteiger partial charge in [-0.05, 0) is 31.5 Å². The van der Waals surface area contributed by atoms with Crippen LogP contribution in [0, 0.1) is 0 Å². The summed E-state index contributed by atoms with van der Waals surface area (Å²) in [6.07, 6.45) is 1.71. The van der Waals surface area contributed by atoms with Gasteiger partial charge in [0.25, 0.3) is 0 Å². The van der Waals surface area contributed by atoms with Gasteiger partial charge in [-0.3, -0.25) is 9.56 Å². The molecule has 2 aromatic heterocycles. The van der Waals surface area contributed by atoms with Crippen LogP contribution in [0.15, 0.2) is 29.3 Å². The molecule has 2 aliphatic rings. The van der Waals surface area contributed by atoms with Gasteiger partial charge in [-0.15, -0.1) is 21.5 Å². The molecule has 150 valence electrons. The van der Waals surface area contributed by atoms with Crippen LogP contribution in [-0.4, -0.2) is 40.2 Å². The number of aliphatic imine (C=N–C) groups is 1. The summed E-state index contributed by atoms with van der Waals surface area (Å²) in [6, 6.07) is 7.95. The van der Waals surface area contributed by atoms with Crippen LogP contribution in [0.2, 0.25) is 5.02 Å². The van der Waals surface area contributed by atoms with E-state index >= 15 is 0 Å². The van der Waals surface area contributed by atoms with Crippen molar-refractivity contribution in [3.63, 3.8) is 0 Å². The summed E-state index contributed by atoms with van der Waals surface area (Å²) in [5, 5.41) is 14.3. The quantitative estimate of drug-likeness (QED) is 0.632. The van der Waals surface area contributed by atoms with Gasteiger partial charge >= 0.3 is 0 Å². The van der Waals surface area contributed by atoms with E-state index in [0.29, 0.717) is 19.8 Å². The molecule has 0 atom stereocenters. The van der Waals surface area contributed by atoms with Gasteiger partial charge in [-0.2, -0.15) is 0 Å². The normalized spacial score (nSPS) is 15.3. The Morgan fingerprint density at radius 2 is 2.17 bits per heavy atom. The van der Waals surface area contributed by atoms with Crippen LogP contribution in [0.3, 0.4) is 0 Å². The molecule has 0 bridgehead atoms. The molecule has 0 aliphatic carbocycles. The topological polar surface area (TPSA) is 64.3 Å². The van der Waals surface area contributed by atoms with Gasteiger partial charge in [-0.1, -0.05) is 29.8 Å². The molecule has 8 heteroatoms. The summed E-state index contributed by atoms with van der Waals surface area (Å²) in [7, 11) is 0. The zero-order chi connectivity index (χ0) is 19.8. The first kappa shape index (κ1) is 18.9. The van der Waals surface area contributed by atoms with E-state index in [1.54, 1.807) is 0 Å². The largest absolute Gasteiger partial charge is 0.381 e. The molecular formula is C21H22ClN5OS. The number of ether oxygens (including phenoxy) is 1. The van der Waals surface area contributed by atoms with E-state index < -0.39 is 0 Å². The van der Waals surface area contributed by atoms with Crippen molar-refractivity contribution < 1.29 is 4.74 Å². The third kappa shape index (κ3) is 3.32. The van der Waals surface area contributed by atoms with Crippen LogP contribution in [0.25, 0.3) is 5.00 Å². The van der Waals surface area contributed by atoms with Crippen molar-refractivity contribution in [3.8, 4) is 5.00 Å². The minimum atomic E-state index is 0.483. The van der Waals surface area contributed by atoms with Crippen LogP contribution in [0.5, 0.6) is 0 Å². The second-order valence-corrected chi connectivity index (χ2v) is 8.56. The fourth-order valence-electron chi connectivity index (χ4n) is 3.98. The van der Waals surface area contributed by atoms with Crippen LogP contribution < -0.4 is 5.32 Å². The third-order valence-electron chi connectivity index (χ3n) is 5.33. The maximum Gasteiger partial charge on any atom is 0.160 e. The Hall–Kier alpha value is -2.06. The van der Waals surface area contributed by atoms with Crippen LogP contribution in [0.4, 0.5) is 0 Å². The maximum atomic E-state index is 6.59. The van der Waals surface area contributed by atoms with Gasteiger partial charge in [0, 0.05) is 40.6 Å². The first-order chi connectivity index (χ1) is 14.3. The van der Waals surface area contributed by atoms with Crippen LogP contribution in [0.1, 0.15) is 40.1 Å². The van der Waals surface area contributed by atoms with Crippen molar-refractivity contribution in [3.05, 3.63) is 62.5 Å². The Balaban J connectivity index is 1.70. The van der Waals surface area contributed by atoms with Gasteiger partial charge in [-0.25, -0.2) is 0 Å². The average molecular weight is 428 g/mol. The smallest absolute Gasteiger partial charge is 0.160 e. The molecule has 6 nitrogen and oxygen atoms in total. The van der Waals surface area contributed by atoms with Crippen molar-refractivity contribution in [2.45, 2.75) is 32.9 Å². The van der Waals surface area contributed by atoms with Crippen LogP contribution >= 0.6 is 22.9 Å². The zero-order valence-corrected chi connectivity index (χ0v) is 17.8. The highest BCUT2D eigenvalue weighted by Gasteiger charge is 2.31. The van der Waals surface area contributed by atoms with Crippen LogP contribution in [-0.2, 0) is 30.7 Å². The van der Waals surface area contributed by atoms with Gasteiger partial charge in [0.1, 0.15) is 17.4 Å². The number of thiophene rings is 1. The minimum Gasteiger partial charge on any atom is -0.381 e. The van der Waals surface area contributed by atoms with Crippen molar-refractivity contribution in [2.24, 2.45) is 4.99 Å². The van der Waals surface area contributed by atoms with Gasteiger partial charge in [0.15, 0.2) is 5.82 Å². The first-order valence-corrected chi connectivity index (χ1v) is 11.1. The molecule has 1 aromatic carbocycles. The Bertz CT molecular complexity index is 1090. The lowest BCUT2D eigenvalue weighted by Gasteiger charge is -2.16. The Morgan fingerprint density at radius 3 is 3.03 bits per heavy atom. The molecule has 0 saturated heterocycles. The number of nitrogens with zero attached hydrogens (tertiary/aromatic N) is 4. The number of hydrogen-bond donors (Lipinski definition) is 1. The van der Waals surface area contributed by atoms with E-state index in [1.807, 2.05) is 36.5 Å². The Morgan fingerprint density at radius 1 is 1.28 bits per heavy atom. The molecule has 29 heavy (non-hydrogen) atoms. The zero-order valence-electron chi connectivity index (χ0n) is 16.2. The highest BCUT2D eigenvalue weighted by molar-refractivity contribution is 7.15. The molecule has 0 saturated carbocycles. The summed E-state index contributed by atoms with van der Waals surface area (Å²) < 4.78 is 7.77. The number of nitrogens with one attached hydrogen (secondary N) is 1. The predicted molar refractivity (Wildman–Crippen MR) is 116 cm³/mol. The summed E-state index contributed by atoms with van der Waals surface area (Å²) in [5.74, 6) is 1.79. The molecular weight excluding hydrogens is 406 g/mol. The molecule has 5 rings (SSSR count). The number of aromatic nitrogens is 3. The highest BCUT2D eigenvalue weighted by Crippen LogP contribution is 2.39. The van der Waals surface area contributed by atoms with Gasteiger partial charge in [0.05, 0.1) is 12.3 Å². The monoisotopic (exact) mass is 427 g/mol. The fraction of sp³-hybridized carbons (Fsp3) is 0.381. The number of benzene rings is 1. The van der Waals surface area contributed by atoms with Gasteiger partial charge < -0.3 is 10.1 Å². The van der Waals surface area contributed by atoms with E-state index in [2.05, 4.69) is 26.1 Å². The van der Waals surface area contributed by atoms with Crippen molar-refractivity contribution >= 4 is 28.6 Å². The van der Waals surface area contributed by atoms with Crippen molar-refractivity contribution in [2.75, 3.05) is 19.8 Å². The fourth-order valence-corrected chi connectivity index (χ4v) is 5.57. The summed E-state index contributed by atoms with van der Waals surface area (Å²) in [6.45, 7) is 5.68. The summed E-state index contributed by atoms with van der Waals surface area (Å²) in [4.78, 5) is 6.35. The van der Waals surface area contributed by atoms with E-state index in [1.165, 1.54) is 16.0 Å². The first-order valence-electron chi connectivity index (χ1n) is 9.94. The molecule has 3 aromatic rings. The second-order valence-electron chi connectivity index (χ2n) is 7.07. The van der Waals surface area contributed by atoms with E-state index in [0.717, 1.165) is 58.9 Å².